The summed E-state index contributed by atoms with van der Waals surface area (Å²) >= 11 is 0. The fourth-order valence-electron chi connectivity index (χ4n) is 1.62. The lowest BCUT2D eigenvalue weighted by molar-refractivity contribution is 0.194. The molecule has 4 nitrogen and oxygen atoms in total. The molecule has 13 heavy (non-hydrogen) atoms. The van der Waals surface area contributed by atoms with Crippen LogP contribution in [0.15, 0.2) is 12.5 Å². The molecule has 2 rings (SSSR count). The Morgan fingerprint density at radius 1 is 1.54 bits per heavy atom. The van der Waals surface area contributed by atoms with Gasteiger partial charge in [-0.3, -0.25) is 0 Å². The van der Waals surface area contributed by atoms with Crippen molar-refractivity contribution in [3.05, 3.63) is 12.5 Å². The molecule has 4 heteroatoms. The van der Waals surface area contributed by atoms with Crippen LogP contribution < -0.4 is 4.74 Å². The van der Waals surface area contributed by atoms with Crippen molar-refractivity contribution < 1.29 is 4.74 Å². The summed E-state index contributed by atoms with van der Waals surface area (Å²) in [6.07, 6.45) is 4.97. The van der Waals surface area contributed by atoms with Crippen LogP contribution in [0.1, 0.15) is 6.42 Å². The fraction of sp³-hybridized carbons (Fsp3) is 0.667. The van der Waals surface area contributed by atoms with Crippen LogP contribution in [0.2, 0.25) is 0 Å². The standard InChI is InChI=1S/C9H15N3O/c1-11-4-3-8(6-11)13-9-5-10-7-12(9)2/h5,7-8H,3-4,6H2,1-2H3. The van der Waals surface area contributed by atoms with E-state index in [2.05, 4.69) is 16.9 Å². The molecule has 1 aliphatic heterocycles. The molecule has 1 atom stereocenters. The lowest BCUT2D eigenvalue weighted by Crippen LogP contribution is -2.22. The van der Waals surface area contributed by atoms with Gasteiger partial charge >= 0.3 is 0 Å². The van der Waals surface area contributed by atoms with Crippen molar-refractivity contribution in [1.82, 2.24) is 14.5 Å². The maximum Gasteiger partial charge on any atom is 0.213 e. The third-order valence-corrected chi connectivity index (χ3v) is 2.41. The van der Waals surface area contributed by atoms with Crippen LogP contribution in [0.4, 0.5) is 0 Å². The van der Waals surface area contributed by atoms with Gasteiger partial charge in [0.1, 0.15) is 6.10 Å². The minimum Gasteiger partial charge on any atom is -0.473 e. The van der Waals surface area contributed by atoms with Gasteiger partial charge in [-0.25, -0.2) is 4.98 Å². The molecular formula is C9H15N3O. The molecule has 0 N–H and O–H groups in total. The third kappa shape index (κ3) is 1.83. The maximum absolute atomic E-state index is 5.78. The molecular weight excluding hydrogens is 166 g/mol. The molecule has 1 aliphatic rings. The van der Waals surface area contributed by atoms with Crippen molar-refractivity contribution in [2.24, 2.45) is 7.05 Å². The molecule has 2 heterocycles. The summed E-state index contributed by atoms with van der Waals surface area (Å²) in [4.78, 5) is 6.29. The van der Waals surface area contributed by atoms with Crippen LogP contribution in [-0.2, 0) is 7.05 Å². The molecule has 0 saturated carbocycles. The Morgan fingerprint density at radius 2 is 2.38 bits per heavy atom. The second kappa shape index (κ2) is 3.38. The SMILES string of the molecule is CN1CCC(Oc2cncn2C)C1. The van der Waals surface area contributed by atoms with Crippen molar-refractivity contribution in [1.29, 1.82) is 0 Å². The van der Waals surface area contributed by atoms with E-state index in [0.29, 0.717) is 6.10 Å². The predicted molar refractivity (Wildman–Crippen MR) is 49.7 cm³/mol. The lowest BCUT2D eigenvalue weighted by Gasteiger charge is -2.13. The highest BCUT2D eigenvalue weighted by atomic mass is 16.5. The van der Waals surface area contributed by atoms with E-state index in [-0.39, 0.29) is 0 Å². The Hall–Kier alpha value is -1.03. The number of hydrogen-bond donors (Lipinski definition) is 0. The molecule has 1 fully saturated rings. The van der Waals surface area contributed by atoms with Crippen molar-refractivity contribution in [3.8, 4) is 5.88 Å². The monoisotopic (exact) mass is 181 g/mol. The first-order chi connectivity index (χ1) is 6.25. The van der Waals surface area contributed by atoms with E-state index in [1.807, 2.05) is 11.6 Å². The summed E-state index contributed by atoms with van der Waals surface area (Å²) in [5.74, 6) is 0.861. The third-order valence-electron chi connectivity index (χ3n) is 2.41. The van der Waals surface area contributed by atoms with Gasteiger partial charge < -0.3 is 14.2 Å². The number of likely N-dealkylation sites (N-methyl/N-ethyl adjacent to an activating group) is 1. The Labute approximate surface area is 78.1 Å². The number of ether oxygens (including phenoxy) is 1. The number of hydrogen-bond acceptors (Lipinski definition) is 3. The normalized spacial score (nSPS) is 23.7. The highest BCUT2D eigenvalue weighted by Gasteiger charge is 2.21. The van der Waals surface area contributed by atoms with Crippen LogP contribution in [0.5, 0.6) is 5.88 Å². The van der Waals surface area contributed by atoms with Crippen molar-refractivity contribution >= 4 is 0 Å². The molecule has 0 aromatic carbocycles. The summed E-state index contributed by atoms with van der Waals surface area (Å²) < 4.78 is 7.68. The van der Waals surface area contributed by atoms with Crippen LogP contribution >= 0.6 is 0 Å². The summed E-state index contributed by atoms with van der Waals surface area (Å²) in [5.41, 5.74) is 0. The van der Waals surface area contributed by atoms with E-state index in [4.69, 9.17) is 4.74 Å². The minimum absolute atomic E-state index is 0.334. The largest absolute Gasteiger partial charge is 0.473 e. The first-order valence-corrected chi connectivity index (χ1v) is 4.57. The molecule has 1 aromatic rings. The van der Waals surface area contributed by atoms with E-state index in [1.165, 1.54) is 0 Å². The van der Waals surface area contributed by atoms with E-state index in [0.717, 1.165) is 25.4 Å². The summed E-state index contributed by atoms with van der Waals surface area (Å²) in [6, 6.07) is 0. The van der Waals surface area contributed by atoms with Gasteiger partial charge in [-0.15, -0.1) is 0 Å². The Morgan fingerprint density at radius 3 is 2.92 bits per heavy atom. The highest BCUT2D eigenvalue weighted by molar-refractivity contribution is 5.05. The van der Waals surface area contributed by atoms with Crippen LogP contribution in [0, 0.1) is 0 Å². The van der Waals surface area contributed by atoms with Gasteiger partial charge in [0.05, 0.1) is 12.5 Å². The molecule has 1 saturated heterocycles. The summed E-state index contributed by atoms with van der Waals surface area (Å²) in [5, 5.41) is 0. The maximum atomic E-state index is 5.78. The van der Waals surface area contributed by atoms with Gasteiger partial charge in [0.25, 0.3) is 0 Å². The molecule has 0 amide bonds. The van der Waals surface area contributed by atoms with E-state index in [9.17, 15) is 0 Å². The summed E-state index contributed by atoms with van der Waals surface area (Å²) in [6.45, 7) is 2.15. The topological polar surface area (TPSA) is 30.3 Å². The summed E-state index contributed by atoms with van der Waals surface area (Å²) in [7, 11) is 4.06. The van der Waals surface area contributed by atoms with Gasteiger partial charge in [-0.05, 0) is 13.5 Å². The van der Waals surface area contributed by atoms with E-state index >= 15 is 0 Å². The number of aromatic nitrogens is 2. The predicted octanol–water partition coefficient (Wildman–Crippen LogP) is 0.503. The van der Waals surface area contributed by atoms with Gasteiger partial charge in [-0.2, -0.15) is 0 Å². The van der Waals surface area contributed by atoms with E-state index < -0.39 is 0 Å². The smallest absolute Gasteiger partial charge is 0.213 e. The van der Waals surface area contributed by atoms with Gasteiger partial charge in [0.15, 0.2) is 0 Å². The molecule has 0 aliphatic carbocycles. The lowest BCUT2D eigenvalue weighted by atomic mass is 10.3. The Kier molecular flexibility index (Phi) is 2.22. The zero-order valence-electron chi connectivity index (χ0n) is 8.10. The Bertz CT molecular complexity index is 284. The first kappa shape index (κ1) is 8.56. The highest BCUT2D eigenvalue weighted by Crippen LogP contribution is 2.15. The molecule has 0 spiro atoms. The van der Waals surface area contributed by atoms with Gasteiger partial charge in [0.2, 0.25) is 5.88 Å². The second-order valence-electron chi connectivity index (χ2n) is 3.63. The van der Waals surface area contributed by atoms with Crippen molar-refractivity contribution in [2.75, 3.05) is 20.1 Å². The van der Waals surface area contributed by atoms with Crippen LogP contribution in [0.3, 0.4) is 0 Å². The zero-order valence-corrected chi connectivity index (χ0v) is 8.10. The van der Waals surface area contributed by atoms with Crippen LogP contribution in [-0.4, -0.2) is 40.7 Å². The van der Waals surface area contributed by atoms with E-state index in [1.54, 1.807) is 12.5 Å². The number of imidazole rings is 1. The average Bonchev–Trinajstić information content (AvgIpc) is 2.64. The molecule has 1 unspecified atom stereocenters. The van der Waals surface area contributed by atoms with Gasteiger partial charge in [0, 0.05) is 20.1 Å². The minimum atomic E-state index is 0.334. The molecule has 72 valence electrons. The van der Waals surface area contributed by atoms with Crippen molar-refractivity contribution in [2.45, 2.75) is 12.5 Å². The first-order valence-electron chi connectivity index (χ1n) is 4.57. The number of aryl methyl sites for hydroxylation is 1. The zero-order chi connectivity index (χ0) is 9.26. The van der Waals surface area contributed by atoms with Crippen LogP contribution in [0.25, 0.3) is 0 Å². The average molecular weight is 181 g/mol. The molecule has 1 aromatic heterocycles. The molecule has 0 bridgehead atoms. The van der Waals surface area contributed by atoms with Gasteiger partial charge in [-0.1, -0.05) is 0 Å². The Balaban J connectivity index is 1.95. The fourth-order valence-corrected chi connectivity index (χ4v) is 1.62. The second-order valence-corrected chi connectivity index (χ2v) is 3.63. The molecule has 0 radical (unpaired) electrons. The number of nitrogens with zero attached hydrogens (tertiary/aromatic N) is 3. The number of likely N-dealkylation sites (tertiary alicyclic amines) is 1. The van der Waals surface area contributed by atoms with Crippen molar-refractivity contribution in [3.63, 3.8) is 0 Å². The number of rotatable bonds is 2. The quantitative estimate of drug-likeness (QED) is 0.665.